The summed E-state index contributed by atoms with van der Waals surface area (Å²) in [6.07, 6.45) is 7.19. The summed E-state index contributed by atoms with van der Waals surface area (Å²) < 4.78 is 18.3. The first-order valence-corrected chi connectivity index (χ1v) is 7.83. The van der Waals surface area contributed by atoms with E-state index < -0.39 is 0 Å². The van der Waals surface area contributed by atoms with Gasteiger partial charge in [-0.1, -0.05) is 6.92 Å². The van der Waals surface area contributed by atoms with E-state index >= 15 is 0 Å². The molecule has 0 aromatic carbocycles. The van der Waals surface area contributed by atoms with Gasteiger partial charge in [0, 0.05) is 11.7 Å². The number of rotatable bonds is 4. The van der Waals surface area contributed by atoms with E-state index in [9.17, 15) is 0 Å². The third-order valence-corrected chi connectivity index (χ3v) is 4.73. The highest BCUT2D eigenvalue weighted by atomic mass is 16.7. The fraction of sp³-hybridized carbons (Fsp3) is 0.688. The molecule has 3 rings (SSSR count). The molecule has 1 saturated heterocycles. The topological polar surface area (TPSA) is 40.6 Å². The maximum atomic E-state index is 6.15. The number of hydrogen-bond donors (Lipinski definition) is 0. The van der Waals surface area contributed by atoms with Crippen LogP contribution in [0, 0.1) is 0 Å². The highest BCUT2D eigenvalue weighted by Gasteiger charge is 2.52. The molecule has 0 bridgehead atoms. The van der Waals surface area contributed by atoms with E-state index in [1.165, 1.54) is 0 Å². The number of ether oxygens (including phenoxy) is 1. The Morgan fingerprint density at radius 1 is 1.19 bits per heavy atom. The van der Waals surface area contributed by atoms with Crippen molar-refractivity contribution < 1.29 is 14.0 Å². The summed E-state index contributed by atoms with van der Waals surface area (Å²) in [6.45, 7) is 10.4. The van der Waals surface area contributed by atoms with E-state index in [1.807, 2.05) is 12.4 Å². The zero-order valence-electron chi connectivity index (χ0n) is 13.6. The minimum absolute atomic E-state index is 0.337. The van der Waals surface area contributed by atoms with Gasteiger partial charge in [-0.2, -0.15) is 0 Å². The van der Waals surface area contributed by atoms with Gasteiger partial charge in [-0.05, 0) is 52.5 Å². The molecule has 0 radical (unpaired) electrons. The lowest BCUT2D eigenvalue weighted by Gasteiger charge is -2.32. The smallest absolute Gasteiger partial charge is 0.489 e. The van der Waals surface area contributed by atoms with Gasteiger partial charge in [0.2, 0.25) is 0 Å². The van der Waals surface area contributed by atoms with Crippen molar-refractivity contribution >= 4 is 12.6 Å². The average Bonchev–Trinajstić information content (AvgIpc) is 3.17. The van der Waals surface area contributed by atoms with Crippen LogP contribution < -0.4 is 10.2 Å². The van der Waals surface area contributed by atoms with Crippen molar-refractivity contribution in [3.8, 4) is 5.75 Å². The first kappa shape index (κ1) is 14.9. The predicted molar refractivity (Wildman–Crippen MR) is 83.0 cm³/mol. The normalized spacial score (nSPS) is 23.4. The SMILES string of the molecule is CCc1c(OC2CC2)cncc1B1OC(C)(C)C(C)(C)O1. The molecule has 1 aliphatic carbocycles. The van der Waals surface area contributed by atoms with Crippen LogP contribution in [-0.2, 0) is 15.7 Å². The maximum absolute atomic E-state index is 6.15. The monoisotopic (exact) mass is 289 g/mol. The van der Waals surface area contributed by atoms with Gasteiger partial charge in [-0.25, -0.2) is 0 Å². The van der Waals surface area contributed by atoms with Crippen LogP contribution in [0.5, 0.6) is 5.75 Å². The molecule has 5 heteroatoms. The minimum Gasteiger partial charge on any atom is -0.489 e. The van der Waals surface area contributed by atoms with Crippen molar-refractivity contribution in [3.63, 3.8) is 0 Å². The molecular weight excluding hydrogens is 265 g/mol. The number of nitrogens with zero attached hydrogens (tertiary/aromatic N) is 1. The van der Waals surface area contributed by atoms with Crippen molar-refractivity contribution in [3.05, 3.63) is 18.0 Å². The average molecular weight is 289 g/mol. The third kappa shape index (κ3) is 2.69. The Balaban J connectivity index is 1.91. The van der Waals surface area contributed by atoms with E-state index in [0.29, 0.717) is 6.10 Å². The molecule has 1 aliphatic heterocycles. The Morgan fingerprint density at radius 3 is 2.33 bits per heavy atom. The Hall–Kier alpha value is -1.07. The zero-order valence-corrected chi connectivity index (χ0v) is 13.6. The van der Waals surface area contributed by atoms with Crippen molar-refractivity contribution in [2.24, 2.45) is 0 Å². The maximum Gasteiger partial charge on any atom is 0.496 e. The molecule has 0 spiro atoms. The molecule has 0 amide bonds. The molecule has 1 aromatic heterocycles. The van der Waals surface area contributed by atoms with Crippen molar-refractivity contribution in [2.75, 3.05) is 0 Å². The summed E-state index contributed by atoms with van der Waals surface area (Å²) in [4.78, 5) is 4.33. The quantitative estimate of drug-likeness (QED) is 0.798. The van der Waals surface area contributed by atoms with Crippen LogP contribution in [0.25, 0.3) is 0 Å². The van der Waals surface area contributed by atoms with Gasteiger partial charge in [0.1, 0.15) is 5.75 Å². The standard InChI is InChI=1S/C16H24BNO3/c1-6-12-13(9-18-10-14(12)19-11-7-8-11)17-20-15(2,3)16(4,5)21-17/h9-11H,6-8H2,1-5H3. The Morgan fingerprint density at radius 2 is 1.81 bits per heavy atom. The number of hydrogen-bond acceptors (Lipinski definition) is 4. The van der Waals surface area contributed by atoms with Crippen LogP contribution in [0.15, 0.2) is 12.4 Å². The molecule has 2 aliphatic rings. The lowest BCUT2D eigenvalue weighted by molar-refractivity contribution is 0.00578. The first-order valence-electron chi connectivity index (χ1n) is 7.83. The largest absolute Gasteiger partial charge is 0.496 e. The van der Waals surface area contributed by atoms with Crippen molar-refractivity contribution in [1.29, 1.82) is 0 Å². The fourth-order valence-electron chi connectivity index (χ4n) is 2.50. The summed E-state index contributed by atoms with van der Waals surface area (Å²) in [5.74, 6) is 0.882. The van der Waals surface area contributed by atoms with Gasteiger partial charge in [-0.3, -0.25) is 4.98 Å². The highest BCUT2D eigenvalue weighted by Crippen LogP contribution is 2.37. The van der Waals surface area contributed by atoms with Crippen LogP contribution in [-0.4, -0.2) is 29.4 Å². The van der Waals surface area contributed by atoms with Gasteiger partial charge in [0.15, 0.2) is 0 Å². The molecule has 4 nitrogen and oxygen atoms in total. The molecule has 21 heavy (non-hydrogen) atoms. The molecule has 1 aromatic rings. The Bertz CT molecular complexity index is 524. The summed E-state index contributed by atoms with van der Waals surface area (Å²) in [5.41, 5.74) is 1.47. The second-order valence-electron chi connectivity index (χ2n) is 6.96. The van der Waals surface area contributed by atoms with Gasteiger partial charge in [-0.15, -0.1) is 0 Å². The minimum atomic E-state index is -0.375. The fourth-order valence-corrected chi connectivity index (χ4v) is 2.50. The van der Waals surface area contributed by atoms with Gasteiger partial charge in [0.25, 0.3) is 0 Å². The second-order valence-corrected chi connectivity index (χ2v) is 6.96. The van der Waals surface area contributed by atoms with Crippen molar-refractivity contribution in [2.45, 2.75) is 71.2 Å². The second kappa shape index (κ2) is 4.99. The Labute approximate surface area is 127 Å². The van der Waals surface area contributed by atoms with E-state index in [-0.39, 0.29) is 18.3 Å². The van der Waals surface area contributed by atoms with E-state index in [4.69, 9.17) is 14.0 Å². The van der Waals surface area contributed by atoms with Crippen LogP contribution in [0.3, 0.4) is 0 Å². The molecule has 114 valence electrons. The van der Waals surface area contributed by atoms with Crippen LogP contribution in [0.2, 0.25) is 0 Å². The predicted octanol–water partition coefficient (Wildman–Crippen LogP) is 2.48. The van der Waals surface area contributed by atoms with Gasteiger partial charge in [0.05, 0.1) is 23.5 Å². The third-order valence-electron chi connectivity index (χ3n) is 4.73. The van der Waals surface area contributed by atoms with E-state index in [0.717, 1.165) is 36.0 Å². The highest BCUT2D eigenvalue weighted by molar-refractivity contribution is 6.62. The molecule has 2 fully saturated rings. The lowest BCUT2D eigenvalue weighted by Crippen LogP contribution is -2.41. The summed E-state index contributed by atoms with van der Waals surface area (Å²) in [7, 11) is -0.375. The van der Waals surface area contributed by atoms with Crippen molar-refractivity contribution in [1.82, 2.24) is 4.98 Å². The first-order chi connectivity index (χ1) is 9.84. The van der Waals surface area contributed by atoms with Crippen LogP contribution in [0.4, 0.5) is 0 Å². The zero-order chi connectivity index (χ0) is 15.3. The Kier molecular flexibility index (Phi) is 3.53. The van der Waals surface area contributed by atoms with Gasteiger partial charge < -0.3 is 14.0 Å². The van der Waals surface area contributed by atoms with Crippen LogP contribution >= 0.6 is 0 Å². The lowest BCUT2D eigenvalue weighted by atomic mass is 9.76. The molecule has 0 unspecified atom stereocenters. The summed E-state index contributed by atoms with van der Waals surface area (Å²) in [6, 6.07) is 0. The molecule has 1 saturated carbocycles. The van der Waals surface area contributed by atoms with E-state index in [1.54, 1.807) is 0 Å². The number of aromatic nitrogens is 1. The van der Waals surface area contributed by atoms with Gasteiger partial charge >= 0.3 is 7.12 Å². The van der Waals surface area contributed by atoms with E-state index in [2.05, 4.69) is 39.6 Å². The van der Waals surface area contributed by atoms with Crippen LogP contribution in [0.1, 0.15) is 53.0 Å². The summed E-state index contributed by atoms with van der Waals surface area (Å²) >= 11 is 0. The molecule has 2 heterocycles. The molecular formula is C16H24BNO3. The summed E-state index contributed by atoms with van der Waals surface area (Å²) in [5, 5.41) is 0. The number of pyridine rings is 1. The molecule has 0 atom stereocenters. The molecule has 0 N–H and O–H groups in total.